The molecule has 5 rings (SSSR count). The molecule has 0 aliphatic carbocycles. The van der Waals surface area contributed by atoms with Crippen LogP contribution in [-0.2, 0) is 0 Å². The van der Waals surface area contributed by atoms with Crippen LogP contribution in [0.25, 0.3) is 10.1 Å². The van der Waals surface area contributed by atoms with E-state index in [0.717, 1.165) is 39.1 Å². The van der Waals surface area contributed by atoms with Gasteiger partial charge in [0.1, 0.15) is 0 Å². The van der Waals surface area contributed by atoms with Gasteiger partial charge in [-0.3, -0.25) is 9.59 Å². The number of aryl methyl sites for hydroxylation is 1. The summed E-state index contributed by atoms with van der Waals surface area (Å²) in [5, 5.41) is 5.39. The van der Waals surface area contributed by atoms with Gasteiger partial charge in [0.2, 0.25) is 0 Å². The molecule has 2 fully saturated rings. The van der Waals surface area contributed by atoms with E-state index in [1.165, 1.54) is 11.3 Å². The summed E-state index contributed by atoms with van der Waals surface area (Å²) in [7, 11) is 0. The maximum atomic E-state index is 13.0. The average Bonchev–Trinajstić information content (AvgIpc) is 3.35. The van der Waals surface area contributed by atoms with E-state index < -0.39 is 0 Å². The highest BCUT2D eigenvalue weighted by atomic mass is 35.5. The molecule has 1 unspecified atom stereocenters. The van der Waals surface area contributed by atoms with Gasteiger partial charge >= 0.3 is 0 Å². The minimum atomic E-state index is 0.0932. The number of nitrogens with zero attached hydrogens (tertiary/aromatic N) is 2. The van der Waals surface area contributed by atoms with Gasteiger partial charge in [0.25, 0.3) is 11.8 Å². The summed E-state index contributed by atoms with van der Waals surface area (Å²) in [6.45, 7) is 4.89. The predicted octanol–water partition coefficient (Wildman–Crippen LogP) is 4.19. The Morgan fingerprint density at radius 3 is 2.52 bits per heavy atom. The minimum Gasteiger partial charge on any atom is -0.337 e. The fraction of sp³-hybridized carbons (Fsp3) is 0.333. The van der Waals surface area contributed by atoms with E-state index >= 15 is 0 Å². The third-order valence-electron chi connectivity index (χ3n) is 6.23. The summed E-state index contributed by atoms with van der Waals surface area (Å²) in [5.74, 6) is 0.191. The largest absolute Gasteiger partial charge is 0.337 e. The molecule has 1 atom stereocenters. The molecule has 3 heterocycles. The Labute approximate surface area is 190 Å². The lowest BCUT2D eigenvalue weighted by atomic mass is 10.1. The predicted molar refractivity (Wildman–Crippen MR) is 125 cm³/mol. The Kier molecular flexibility index (Phi) is 5.46. The van der Waals surface area contributed by atoms with Crippen LogP contribution in [0.1, 0.15) is 32.0 Å². The Morgan fingerprint density at radius 2 is 1.74 bits per heavy atom. The minimum absolute atomic E-state index is 0.0932. The molecule has 31 heavy (non-hydrogen) atoms. The maximum Gasteiger partial charge on any atom is 0.264 e. The topological polar surface area (TPSA) is 52.7 Å². The first-order chi connectivity index (χ1) is 15.0. The van der Waals surface area contributed by atoms with Crippen molar-refractivity contribution in [2.75, 3.05) is 26.2 Å². The number of benzene rings is 2. The van der Waals surface area contributed by atoms with Crippen molar-refractivity contribution in [1.82, 2.24) is 15.1 Å². The number of carbonyl (C=O) groups excluding carboxylic acids is 2. The van der Waals surface area contributed by atoms with Gasteiger partial charge in [-0.1, -0.05) is 29.8 Å². The number of hydrogen-bond donors (Lipinski definition) is 1. The number of likely N-dealkylation sites (tertiary alicyclic amines) is 2. The molecule has 2 aliphatic heterocycles. The summed E-state index contributed by atoms with van der Waals surface area (Å²) in [4.78, 5) is 30.3. The first-order valence-electron chi connectivity index (χ1n) is 10.6. The van der Waals surface area contributed by atoms with Crippen molar-refractivity contribution in [1.29, 1.82) is 0 Å². The van der Waals surface area contributed by atoms with E-state index in [4.69, 9.17) is 11.6 Å². The quantitative estimate of drug-likeness (QED) is 0.644. The summed E-state index contributed by atoms with van der Waals surface area (Å²) in [6, 6.07) is 15.8. The molecule has 2 aromatic carbocycles. The zero-order valence-corrected chi connectivity index (χ0v) is 18.9. The molecule has 1 aromatic heterocycles. The third-order valence-corrected chi connectivity index (χ3v) is 7.72. The van der Waals surface area contributed by atoms with Gasteiger partial charge in [-0.05, 0) is 54.6 Å². The van der Waals surface area contributed by atoms with Crippen LogP contribution in [-0.4, -0.2) is 59.9 Å². The Bertz CT molecular complexity index is 1140. The molecule has 3 aromatic rings. The van der Waals surface area contributed by atoms with E-state index in [-0.39, 0.29) is 23.9 Å². The van der Waals surface area contributed by atoms with Gasteiger partial charge in [0, 0.05) is 53.5 Å². The summed E-state index contributed by atoms with van der Waals surface area (Å²) in [5.41, 5.74) is 1.75. The van der Waals surface area contributed by atoms with E-state index in [1.54, 1.807) is 0 Å². The van der Waals surface area contributed by atoms with Crippen molar-refractivity contribution in [2.45, 2.75) is 25.4 Å². The second-order valence-corrected chi connectivity index (χ2v) is 9.86. The molecule has 0 spiro atoms. The lowest BCUT2D eigenvalue weighted by Crippen LogP contribution is -2.62. The van der Waals surface area contributed by atoms with Gasteiger partial charge in [-0.25, -0.2) is 0 Å². The number of thiophene rings is 1. The lowest BCUT2D eigenvalue weighted by Gasteiger charge is -2.41. The monoisotopic (exact) mass is 453 g/mol. The number of nitrogens with one attached hydrogen (secondary N) is 1. The zero-order chi connectivity index (χ0) is 21.5. The SMILES string of the molecule is Cc1c(C(=O)N2CC(NC3CCN(C(=O)c4ccccc4)C3)C2)sc2ccc(Cl)cc12. The van der Waals surface area contributed by atoms with Crippen molar-refractivity contribution in [3.63, 3.8) is 0 Å². The third kappa shape index (κ3) is 3.95. The second-order valence-electron chi connectivity index (χ2n) is 8.37. The van der Waals surface area contributed by atoms with Crippen LogP contribution in [0.3, 0.4) is 0 Å². The molecule has 2 saturated heterocycles. The average molecular weight is 454 g/mol. The molecular formula is C24H24ClN3O2S. The van der Waals surface area contributed by atoms with Crippen molar-refractivity contribution >= 4 is 44.8 Å². The van der Waals surface area contributed by atoms with E-state index in [9.17, 15) is 9.59 Å². The van der Waals surface area contributed by atoms with Crippen LogP contribution in [0.4, 0.5) is 0 Å². The zero-order valence-electron chi connectivity index (χ0n) is 17.3. The Balaban J connectivity index is 1.15. The number of carbonyl (C=O) groups is 2. The van der Waals surface area contributed by atoms with Gasteiger partial charge in [-0.2, -0.15) is 0 Å². The first-order valence-corrected chi connectivity index (χ1v) is 11.8. The number of hydrogen-bond acceptors (Lipinski definition) is 4. The molecule has 0 saturated carbocycles. The van der Waals surface area contributed by atoms with Crippen LogP contribution in [0.15, 0.2) is 48.5 Å². The van der Waals surface area contributed by atoms with E-state index in [1.807, 2.05) is 65.3 Å². The molecule has 1 N–H and O–H groups in total. The van der Waals surface area contributed by atoms with Crippen LogP contribution in [0, 0.1) is 6.92 Å². The molecule has 0 radical (unpaired) electrons. The number of fused-ring (bicyclic) bond motifs is 1. The van der Waals surface area contributed by atoms with Crippen molar-refractivity contribution in [3.8, 4) is 0 Å². The Hall–Kier alpha value is -2.41. The van der Waals surface area contributed by atoms with Gasteiger partial charge in [0.05, 0.1) is 4.88 Å². The first kappa shape index (κ1) is 20.5. The van der Waals surface area contributed by atoms with Crippen molar-refractivity contribution < 1.29 is 9.59 Å². The molecular weight excluding hydrogens is 430 g/mol. The number of halogens is 1. The summed E-state index contributed by atoms with van der Waals surface area (Å²) < 4.78 is 1.09. The molecule has 7 heteroatoms. The van der Waals surface area contributed by atoms with Crippen LogP contribution in [0.5, 0.6) is 0 Å². The van der Waals surface area contributed by atoms with Crippen LogP contribution < -0.4 is 5.32 Å². The fourth-order valence-corrected chi connectivity index (χ4v) is 5.80. The standard InChI is InChI=1S/C24H24ClN3O2S/c1-15-20-11-17(25)7-8-21(20)31-22(15)24(30)28-13-19(14-28)26-18-9-10-27(12-18)23(29)16-5-3-2-4-6-16/h2-8,11,18-19,26H,9-10,12-14H2,1H3. The van der Waals surface area contributed by atoms with E-state index in [2.05, 4.69) is 5.32 Å². The number of rotatable bonds is 4. The normalized spacial score (nSPS) is 19.1. The summed E-state index contributed by atoms with van der Waals surface area (Å²) >= 11 is 7.66. The van der Waals surface area contributed by atoms with Crippen LogP contribution in [0.2, 0.25) is 5.02 Å². The second kappa shape index (κ2) is 8.26. The highest BCUT2D eigenvalue weighted by molar-refractivity contribution is 7.21. The molecule has 5 nitrogen and oxygen atoms in total. The molecule has 0 bridgehead atoms. The fourth-order valence-electron chi connectivity index (χ4n) is 4.47. The molecule has 160 valence electrons. The van der Waals surface area contributed by atoms with Gasteiger partial charge in [0.15, 0.2) is 0 Å². The van der Waals surface area contributed by atoms with E-state index in [0.29, 0.717) is 24.7 Å². The molecule has 2 amide bonds. The lowest BCUT2D eigenvalue weighted by molar-refractivity contribution is 0.0557. The van der Waals surface area contributed by atoms with Crippen molar-refractivity contribution in [3.05, 3.63) is 69.6 Å². The highest BCUT2D eigenvalue weighted by Crippen LogP contribution is 2.34. The molecule has 2 aliphatic rings. The number of amides is 2. The Morgan fingerprint density at radius 1 is 1.00 bits per heavy atom. The highest BCUT2D eigenvalue weighted by Gasteiger charge is 2.36. The van der Waals surface area contributed by atoms with Crippen molar-refractivity contribution in [2.24, 2.45) is 0 Å². The van der Waals surface area contributed by atoms with Gasteiger partial charge < -0.3 is 15.1 Å². The van der Waals surface area contributed by atoms with Gasteiger partial charge in [-0.15, -0.1) is 11.3 Å². The smallest absolute Gasteiger partial charge is 0.264 e. The maximum absolute atomic E-state index is 13.0. The summed E-state index contributed by atoms with van der Waals surface area (Å²) in [6.07, 6.45) is 0.944. The van der Waals surface area contributed by atoms with Crippen LogP contribution >= 0.6 is 22.9 Å².